The van der Waals surface area contributed by atoms with E-state index < -0.39 is 0 Å². The van der Waals surface area contributed by atoms with Gasteiger partial charge in [-0.2, -0.15) is 0 Å². The molecule has 1 saturated heterocycles. The molecule has 2 fully saturated rings. The third-order valence-corrected chi connectivity index (χ3v) is 6.55. The van der Waals surface area contributed by atoms with Crippen molar-refractivity contribution in [2.75, 3.05) is 49.1 Å². The summed E-state index contributed by atoms with van der Waals surface area (Å²) in [6, 6.07) is 16.5. The molecule has 1 aliphatic carbocycles. The Morgan fingerprint density at radius 2 is 1.67 bits per heavy atom. The Kier molecular flexibility index (Phi) is 7.35. The molecule has 0 radical (unpaired) electrons. The predicted molar refractivity (Wildman–Crippen MR) is 123 cm³/mol. The molecule has 4 rings (SSSR count). The highest BCUT2D eigenvalue weighted by Gasteiger charge is 2.24. The van der Waals surface area contributed by atoms with Crippen molar-refractivity contribution in [2.24, 2.45) is 5.92 Å². The molecule has 1 saturated carbocycles. The summed E-state index contributed by atoms with van der Waals surface area (Å²) >= 11 is 0. The van der Waals surface area contributed by atoms with Gasteiger partial charge in [0.1, 0.15) is 5.82 Å². The molecule has 5 heteroatoms. The van der Waals surface area contributed by atoms with Crippen LogP contribution in [0.4, 0.5) is 11.5 Å². The summed E-state index contributed by atoms with van der Waals surface area (Å²) in [5.41, 5.74) is 1.30. The fourth-order valence-corrected chi connectivity index (χ4v) is 4.74. The van der Waals surface area contributed by atoms with Gasteiger partial charge in [-0.15, -0.1) is 0 Å². The molecule has 0 unspecified atom stereocenters. The first kappa shape index (κ1) is 20.9. The van der Waals surface area contributed by atoms with Crippen molar-refractivity contribution in [3.63, 3.8) is 0 Å². The Morgan fingerprint density at radius 3 is 2.37 bits per heavy atom. The lowest BCUT2D eigenvalue weighted by Crippen LogP contribution is -2.49. The minimum Gasteiger partial charge on any atom is -0.369 e. The molecule has 1 amide bonds. The lowest BCUT2D eigenvalue weighted by molar-refractivity contribution is -0.119. The number of anilines is 2. The molecule has 1 aromatic carbocycles. The zero-order valence-electron chi connectivity index (χ0n) is 18.0. The summed E-state index contributed by atoms with van der Waals surface area (Å²) in [6.07, 6.45) is 8.71. The minimum absolute atomic E-state index is 0.239. The fourth-order valence-electron chi connectivity index (χ4n) is 4.74. The summed E-state index contributed by atoms with van der Waals surface area (Å²) < 4.78 is 0. The molecule has 0 spiro atoms. The molecule has 2 aromatic rings. The fraction of sp³-hybridized carbons (Fsp3) is 0.520. The highest BCUT2D eigenvalue weighted by Crippen LogP contribution is 2.27. The topological polar surface area (TPSA) is 39.7 Å². The van der Waals surface area contributed by atoms with E-state index in [1.165, 1.54) is 37.8 Å². The van der Waals surface area contributed by atoms with Crippen LogP contribution in [0.15, 0.2) is 54.7 Å². The quantitative estimate of drug-likeness (QED) is 0.691. The van der Waals surface area contributed by atoms with E-state index in [4.69, 9.17) is 0 Å². The second-order valence-electron chi connectivity index (χ2n) is 8.61. The lowest BCUT2D eigenvalue weighted by atomic mass is 9.86. The van der Waals surface area contributed by atoms with Gasteiger partial charge in [0.15, 0.2) is 0 Å². The van der Waals surface area contributed by atoms with Gasteiger partial charge in [0.25, 0.3) is 0 Å². The summed E-state index contributed by atoms with van der Waals surface area (Å²) in [5.74, 6) is 1.58. The van der Waals surface area contributed by atoms with Crippen molar-refractivity contribution < 1.29 is 4.79 Å². The van der Waals surface area contributed by atoms with E-state index in [0.717, 1.165) is 38.5 Å². The number of hydrogen-bond donors (Lipinski definition) is 0. The van der Waals surface area contributed by atoms with E-state index in [1.807, 2.05) is 23.1 Å². The summed E-state index contributed by atoms with van der Waals surface area (Å²) in [5, 5.41) is 0. The van der Waals surface area contributed by atoms with Crippen molar-refractivity contribution in [1.29, 1.82) is 0 Å². The first-order chi connectivity index (χ1) is 14.8. The molecule has 30 heavy (non-hydrogen) atoms. The van der Waals surface area contributed by atoms with Gasteiger partial charge in [-0.25, -0.2) is 4.98 Å². The SMILES string of the molecule is O=C(CC1CCCCC1)N(CCN1CCN(c2ccccc2)CC1)c1ccccn1. The van der Waals surface area contributed by atoms with E-state index in [-0.39, 0.29) is 5.91 Å². The van der Waals surface area contributed by atoms with Gasteiger partial charge >= 0.3 is 0 Å². The second kappa shape index (κ2) is 10.6. The van der Waals surface area contributed by atoms with Crippen LogP contribution in [0, 0.1) is 5.92 Å². The minimum atomic E-state index is 0.239. The molecule has 2 heterocycles. The zero-order chi connectivity index (χ0) is 20.6. The number of amides is 1. The van der Waals surface area contributed by atoms with Crippen LogP contribution in [0.2, 0.25) is 0 Å². The van der Waals surface area contributed by atoms with E-state index in [2.05, 4.69) is 45.1 Å². The van der Waals surface area contributed by atoms with Crippen LogP contribution >= 0.6 is 0 Å². The van der Waals surface area contributed by atoms with Crippen LogP contribution in [0.3, 0.4) is 0 Å². The number of hydrogen-bond acceptors (Lipinski definition) is 4. The third kappa shape index (κ3) is 5.60. The molecule has 0 N–H and O–H groups in total. The molecule has 0 atom stereocenters. The average molecular weight is 407 g/mol. The van der Waals surface area contributed by atoms with Crippen LogP contribution < -0.4 is 9.80 Å². The number of carbonyl (C=O) groups is 1. The number of pyridine rings is 1. The zero-order valence-corrected chi connectivity index (χ0v) is 18.0. The van der Waals surface area contributed by atoms with E-state index in [0.29, 0.717) is 18.9 Å². The predicted octanol–water partition coefficient (Wildman–Crippen LogP) is 4.21. The smallest absolute Gasteiger partial charge is 0.228 e. The maximum Gasteiger partial charge on any atom is 0.228 e. The summed E-state index contributed by atoms with van der Waals surface area (Å²) in [6.45, 7) is 5.74. The number of piperazine rings is 1. The molecule has 1 aromatic heterocycles. The van der Waals surface area contributed by atoms with Crippen LogP contribution in [0.5, 0.6) is 0 Å². The first-order valence-electron chi connectivity index (χ1n) is 11.5. The number of benzene rings is 1. The second-order valence-corrected chi connectivity index (χ2v) is 8.61. The average Bonchev–Trinajstić information content (AvgIpc) is 2.81. The summed E-state index contributed by atoms with van der Waals surface area (Å²) in [7, 11) is 0. The highest BCUT2D eigenvalue weighted by molar-refractivity contribution is 5.92. The number of carbonyl (C=O) groups excluding carboxylic acids is 1. The van der Waals surface area contributed by atoms with Gasteiger partial charge in [0.05, 0.1) is 0 Å². The third-order valence-electron chi connectivity index (χ3n) is 6.55. The van der Waals surface area contributed by atoms with E-state index in [9.17, 15) is 4.79 Å². The Balaban J connectivity index is 1.32. The summed E-state index contributed by atoms with van der Waals surface area (Å²) in [4.78, 5) is 24.5. The van der Waals surface area contributed by atoms with Gasteiger partial charge in [0, 0.05) is 57.6 Å². The van der Waals surface area contributed by atoms with Crippen molar-refractivity contribution in [3.8, 4) is 0 Å². The monoisotopic (exact) mass is 406 g/mol. The largest absolute Gasteiger partial charge is 0.369 e. The van der Waals surface area contributed by atoms with Gasteiger partial charge in [-0.3, -0.25) is 14.6 Å². The normalized spacial score (nSPS) is 18.3. The maximum absolute atomic E-state index is 13.2. The maximum atomic E-state index is 13.2. The molecule has 2 aliphatic rings. The molecule has 1 aliphatic heterocycles. The molecule has 5 nitrogen and oxygen atoms in total. The van der Waals surface area contributed by atoms with E-state index >= 15 is 0 Å². The Labute approximate surface area is 180 Å². The number of rotatable bonds is 7. The van der Waals surface area contributed by atoms with Crippen LogP contribution in [0.1, 0.15) is 38.5 Å². The molecular weight excluding hydrogens is 372 g/mol. The Morgan fingerprint density at radius 1 is 0.933 bits per heavy atom. The Hall–Kier alpha value is -2.40. The number of nitrogens with zero attached hydrogens (tertiary/aromatic N) is 4. The van der Waals surface area contributed by atoms with Gasteiger partial charge in [0.2, 0.25) is 5.91 Å². The lowest BCUT2D eigenvalue weighted by Gasteiger charge is -2.37. The van der Waals surface area contributed by atoms with E-state index in [1.54, 1.807) is 6.20 Å². The van der Waals surface area contributed by atoms with Crippen molar-refractivity contribution in [1.82, 2.24) is 9.88 Å². The van der Waals surface area contributed by atoms with Crippen molar-refractivity contribution in [3.05, 3.63) is 54.7 Å². The Bertz CT molecular complexity index is 768. The van der Waals surface area contributed by atoms with Gasteiger partial charge < -0.3 is 4.90 Å². The molecule has 160 valence electrons. The van der Waals surface area contributed by atoms with Crippen molar-refractivity contribution >= 4 is 17.4 Å². The van der Waals surface area contributed by atoms with Crippen LogP contribution in [-0.2, 0) is 4.79 Å². The molecule has 0 bridgehead atoms. The van der Waals surface area contributed by atoms with Crippen molar-refractivity contribution in [2.45, 2.75) is 38.5 Å². The first-order valence-corrected chi connectivity index (χ1v) is 11.5. The number of aromatic nitrogens is 1. The number of para-hydroxylation sites is 1. The van der Waals surface area contributed by atoms with Crippen LogP contribution in [-0.4, -0.2) is 55.1 Å². The standard InChI is InChI=1S/C25H34N4O/c30-25(21-22-9-3-1-4-10-22)29(24-13-7-8-14-26-24)20-17-27-15-18-28(19-16-27)23-11-5-2-6-12-23/h2,5-8,11-14,22H,1,3-4,9-10,15-21H2. The molecular formula is C25H34N4O. The van der Waals surface area contributed by atoms with Crippen LogP contribution in [0.25, 0.3) is 0 Å². The van der Waals surface area contributed by atoms with Gasteiger partial charge in [-0.05, 0) is 43.0 Å². The van der Waals surface area contributed by atoms with Gasteiger partial charge in [-0.1, -0.05) is 43.5 Å². The highest BCUT2D eigenvalue weighted by atomic mass is 16.2.